The second-order valence-corrected chi connectivity index (χ2v) is 8.27. The molecular formula is C17H20N4O4S. The van der Waals surface area contributed by atoms with Gasteiger partial charge in [-0.05, 0) is 37.1 Å². The molecule has 1 aliphatic heterocycles. The van der Waals surface area contributed by atoms with Gasteiger partial charge in [0.2, 0.25) is 15.9 Å². The summed E-state index contributed by atoms with van der Waals surface area (Å²) in [5, 5.41) is 0. The van der Waals surface area contributed by atoms with Crippen molar-refractivity contribution in [2.45, 2.75) is 18.9 Å². The van der Waals surface area contributed by atoms with Crippen LogP contribution in [0.3, 0.4) is 0 Å². The molecule has 0 spiro atoms. The van der Waals surface area contributed by atoms with Crippen molar-refractivity contribution in [3.63, 3.8) is 0 Å². The lowest BCUT2D eigenvalue weighted by molar-refractivity contribution is -0.123. The van der Waals surface area contributed by atoms with Crippen LogP contribution in [0.25, 0.3) is 5.69 Å². The molecule has 1 unspecified atom stereocenters. The van der Waals surface area contributed by atoms with Gasteiger partial charge in [-0.2, -0.15) is 4.31 Å². The van der Waals surface area contributed by atoms with E-state index in [0.29, 0.717) is 30.8 Å². The molecule has 2 aromatic rings. The van der Waals surface area contributed by atoms with E-state index in [-0.39, 0.29) is 11.5 Å². The van der Waals surface area contributed by atoms with Crippen LogP contribution in [0.15, 0.2) is 47.7 Å². The highest BCUT2D eigenvalue weighted by atomic mass is 32.2. The summed E-state index contributed by atoms with van der Waals surface area (Å²) < 4.78 is 26.1. The first-order chi connectivity index (χ1) is 12.3. The minimum atomic E-state index is -3.45. The molecule has 0 bridgehead atoms. The number of nitrogens with zero attached hydrogens (tertiary/aromatic N) is 4. The van der Waals surface area contributed by atoms with Crippen LogP contribution in [0.1, 0.15) is 12.8 Å². The molecule has 9 heteroatoms. The third-order valence-corrected chi connectivity index (χ3v) is 5.84. The summed E-state index contributed by atoms with van der Waals surface area (Å²) in [4.78, 5) is 30.0. The second-order valence-electron chi connectivity index (χ2n) is 6.23. The normalized spacial score (nSPS) is 18.3. The number of sulfonamides is 1. The van der Waals surface area contributed by atoms with Gasteiger partial charge < -0.3 is 4.90 Å². The predicted octanol–water partition coefficient (Wildman–Crippen LogP) is 0.619. The number of amides is 1. The zero-order chi connectivity index (χ0) is 18.9. The van der Waals surface area contributed by atoms with E-state index in [0.717, 1.165) is 10.6 Å². The van der Waals surface area contributed by atoms with Crippen molar-refractivity contribution in [1.82, 2.24) is 13.9 Å². The monoisotopic (exact) mass is 376 g/mol. The van der Waals surface area contributed by atoms with Gasteiger partial charge in [-0.1, -0.05) is 0 Å². The molecule has 1 atom stereocenters. The Bertz CT molecular complexity index is 969. The SMILES string of the molecule is CN(C1CCCN(c2ccc(-n3ccncc3=O)cc2)C1=O)S(C)(=O)=O. The highest BCUT2D eigenvalue weighted by Gasteiger charge is 2.35. The molecule has 138 valence electrons. The fourth-order valence-electron chi connectivity index (χ4n) is 3.04. The van der Waals surface area contributed by atoms with Crippen LogP contribution in [0, 0.1) is 0 Å². The van der Waals surface area contributed by atoms with Crippen LogP contribution in [0.2, 0.25) is 0 Å². The summed E-state index contributed by atoms with van der Waals surface area (Å²) in [5.74, 6) is -0.238. The third kappa shape index (κ3) is 3.54. The fourth-order valence-corrected chi connectivity index (χ4v) is 3.69. The minimum Gasteiger partial charge on any atom is -0.311 e. The van der Waals surface area contributed by atoms with Crippen LogP contribution >= 0.6 is 0 Å². The van der Waals surface area contributed by atoms with Gasteiger partial charge >= 0.3 is 0 Å². The van der Waals surface area contributed by atoms with Crippen molar-refractivity contribution >= 4 is 21.6 Å². The van der Waals surface area contributed by atoms with Gasteiger partial charge in [-0.3, -0.25) is 19.1 Å². The van der Waals surface area contributed by atoms with Gasteiger partial charge in [0.25, 0.3) is 5.56 Å². The number of hydrogen-bond acceptors (Lipinski definition) is 5. The van der Waals surface area contributed by atoms with E-state index in [1.807, 2.05) is 0 Å². The maximum atomic E-state index is 12.8. The van der Waals surface area contributed by atoms with E-state index in [4.69, 9.17) is 0 Å². The topological polar surface area (TPSA) is 92.6 Å². The molecule has 0 saturated carbocycles. The highest BCUT2D eigenvalue weighted by Crippen LogP contribution is 2.25. The summed E-state index contributed by atoms with van der Waals surface area (Å²) in [6.45, 7) is 0.529. The predicted molar refractivity (Wildman–Crippen MR) is 97.8 cm³/mol. The van der Waals surface area contributed by atoms with Crippen molar-refractivity contribution in [2.24, 2.45) is 0 Å². The number of carbonyl (C=O) groups excluding carboxylic acids is 1. The molecule has 2 heterocycles. The first kappa shape index (κ1) is 18.3. The first-order valence-electron chi connectivity index (χ1n) is 8.16. The van der Waals surface area contributed by atoms with E-state index in [2.05, 4.69) is 4.98 Å². The van der Waals surface area contributed by atoms with Gasteiger partial charge in [-0.25, -0.2) is 8.42 Å². The summed E-state index contributed by atoms with van der Waals surface area (Å²) in [6, 6.07) is 6.30. The molecule has 0 radical (unpaired) electrons. The van der Waals surface area contributed by atoms with Crippen LogP contribution < -0.4 is 10.5 Å². The Morgan fingerprint density at radius 2 is 1.81 bits per heavy atom. The van der Waals surface area contributed by atoms with Crippen LogP contribution in [-0.4, -0.2) is 54.1 Å². The number of carbonyl (C=O) groups is 1. The van der Waals surface area contributed by atoms with Gasteiger partial charge in [0.05, 0.1) is 12.5 Å². The average molecular weight is 376 g/mol. The molecule has 0 aliphatic carbocycles. The number of piperidine rings is 1. The van der Waals surface area contributed by atoms with Gasteiger partial charge in [-0.15, -0.1) is 0 Å². The van der Waals surface area contributed by atoms with Crippen LogP contribution in [0.5, 0.6) is 0 Å². The lowest BCUT2D eigenvalue weighted by Crippen LogP contribution is -2.52. The Morgan fingerprint density at radius 1 is 1.15 bits per heavy atom. The Hall–Kier alpha value is -2.52. The van der Waals surface area contributed by atoms with Crippen molar-refractivity contribution < 1.29 is 13.2 Å². The Balaban J connectivity index is 1.86. The quantitative estimate of drug-likeness (QED) is 0.780. The molecule has 1 aliphatic rings. The lowest BCUT2D eigenvalue weighted by atomic mass is 10.0. The number of anilines is 1. The molecule has 1 aromatic heterocycles. The maximum absolute atomic E-state index is 12.8. The molecule has 26 heavy (non-hydrogen) atoms. The Morgan fingerprint density at radius 3 is 2.42 bits per heavy atom. The summed E-state index contributed by atoms with van der Waals surface area (Å²) in [5.41, 5.74) is 1.09. The van der Waals surface area contributed by atoms with E-state index in [9.17, 15) is 18.0 Å². The molecule has 3 rings (SSSR count). The molecule has 8 nitrogen and oxygen atoms in total. The zero-order valence-corrected chi connectivity index (χ0v) is 15.4. The third-order valence-electron chi connectivity index (χ3n) is 4.54. The van der Waals surface area contributed by atoms with Gasteiger partial charge in [0.15, 0.2) is 0 Å². The van der Waals surface area contributed by atoms with E-state index < -0.39 is 16.1 Å². The Labute approximate surface area is 151 Å². The van der Waals surface area contributed by atoms with Gasteiger partial charge in [0, 0.05) is 37.4 Å². The van der Waals surface area contributed by atoms with Crippen molar-refractivity contribution in [1.29, 1.82) is 0 Å². The van der Waals surface area contributed by atoms with Crippen LogP contribution in [-0.2, 0) is 14.8 Å². The standard InChI is InChI=1S/C17H20N4O4S/c1-19(26(2,24)25)15-4-3-10-21(17(15)23)14-7-5-13(6-8-14)20-11-9-18-12-16(20)22/h5-9,11-12,15H,3-4,10H2,1-2H3. The Kier molecular flexibility index (Phi) is 4.92. The van der Waals surface area contributed by atoms with Crippen molar-refractivity contribution in [2.75, 3.05) is 24.7 Å². The molecule has 0 N–H and O–H groups in total. The summed E-state index contributed by atoms with van der Waals surface area (Å²) in [6.07, 6.45) is 6.63. The smallest absolute Gasteiger partial charge is 0.273 e. The second kappa shape index (κ2) is 7.00. The zero-order valence-electron chi connectivity index (χ0n) is 14.6. The number of aromatic nitrogens is 2. The summed E-state index contributed by atoms with van der Waals surface area (Å²) >= 11 is 0. The summed E-state index contributed by atoms with van der Waals surface area (Å²) in [7, 11) is -2.02. The molecule has 1 fully saturated rings. The number of benzene rings is 1. The molecular weight excluding hydrogens is 356 g/mol. The van der Waals surface area contributed by atoms with E-state index >= 15 is 0 Å². The molecule has 1 amide bonds. The minimum absolute atomic E-state index is 0.238. The number of rotatable bonds is 4. The van der Waals surface area contributed by atoms with Crippen molar-refractivity contribution in [3.05, 3.63) is 53.2 Å². The lowest BCUT2D eigenvalue weighted by Gasteiger charge is -2.35. The van der Waals surface area contributed by atoms with Gasteiger partial charge in [0.1, 0.15) is 6.04 Å². The molecule has 1 aromatic carbocycles. The molecule has 1 saturated heterocycles. The maximum Gasteiger partial charge on any atom is 0.273 e. The number of likely N-dealkylation sites (N-methyl/N-ethyl adjacent to an activating group) is 1. The number of hydrogen-bond donors (Lipinski definition) is 0. The van der Waals surface area contributed by atoms with E-state index in [1.165, 1.54) is 24.0 Å². The largest absolute Gasteiger partial charge is 0.311 e. The highest BCUT2D eigenvalue weighted by molar-refractivity contribution is 7.88. The fraction of sp³-hybridized carbons (Fsp3) is 0.353. The first-order valence-corrected chi connectivity index (χ1v) is 10.0. The van der Waals surface area contributed by atoms with Crippen molar-refractivity contribution in [3.8, 4) is 5.69 Å². The van der Waals surface area contributed by atoms with E-state index in [1.54, 1.807) is 35.4 Å². The average Bonchev–Trinajstić information content (AvgIpc) is 2.61. The van der Waals surface area contributed by atoms with Crippen LogP contribution in [0.4, 0.5) is 5.69 Å².